The Hall–Kier alpha value is -4.71. The number of hydrogen-bond acceptors (Lipinski definition) is 16. The highest BCUT2D eigenvalue weighted by molar-refractivity contribution is 7.13. The van der Waals surface area contributed by atoms with Gasteiger partial charge in [0.2, 0.25) is 5.03 Å². The van der Waals surface area contributed by atoms with E-state index >= 15 is 0 Å². The second kappa shape index (κ2) is 20.0. The van der Waals surface area contributed by atoms with Crippen LogP contribution in [0.2, 0.25) is 13.1 Å². The van der Waals surface area contributed by atoms with Crippen LogP contribution in [0.3, 0.4) is 0 Å². The molecule has 14 rings (SSSR count). The van der Waals surface area contributed by atoms with E-state index in [2.05, 4.69) is 0 Å². The van der Waals surface area contributed by atoms with E-state index in [1.165, 1.54) is 13.1 Å². The number of hydrogen-bond donors (Lipinski definition) is 2. The van der Waals surface area contributed by atoms with Crippen LogP contribution in [0.25, 0.3) is 0 Å². The van der Waals surface area contributed by atoms with Crippen molar-refractivity contribution in [2.45, 2.75) is 36.1 Å². The van der Waals surface area contributed by atoms with Crippen molar-refractivity contribution < 1.29 is 68.4 Å². The zero-order chi connectivity index (χ0) is 54.4. The molecule has 405 valence electrons. The molecule has 8 aromatic rings. The predicted molar refractivity (Wildman–Crippen MR) is 312 cm³/mol. The molecule has 2 N–H and O–H groups in total. The molecule has 6 aliphatic heterocycles. The van der Waals surface area contributed by atoms with Gasteiger partial charge in [-0.2, -0.15) is 0 Å². The normalized spacial score (nSPS) is 36.5. The Morgan fingerprint density at radius 3 is 1.31 bits per heavy atom. The monoisotopic (exact) mass is 1240 g/mol. The lowest BCUT2D eigenvalue weighted by Crippen LogP contribution is -2.93. The molecule has 6 aliphatic rings. The Morgan fingerprint density at radius 2 is 0.775 bits per heavy atom. The van der Waals surface area contributed by atoms with Crippen LogP contribution in [0, 0.1) is 0 Å². The Kier molecular flexibility index (Phi) is 13.3. The Labute approximate surface area is 474 Å². The van der Waals surface area contributed by atoms with Crippen LogP contribution in [0.1, 0.15) is 11.1 Å². The molecule has 11 atom stereocenters. The summed E-state index contributed by atoms with van der Waals surface area (Å²) in [7, 11) is -47.2. The summed E-state index contributed by atoms with van der Waals surface area (Å²) >= 11 is 0. The van der Waals surface area contributed by atoms with Gasteiger partial charge in [-0.25, -0.2) is 0 Å². The second-order valence-corrected chi connectivity index (χ2v) is 48.7. The molecule has 11 unspecified atom stereocenters. The highest BCUT2D eigenvalue weighted by Crippen LogP contribution is 2.57. The van der Waals surface area contributed by atoms with E-state index in [1.54, 1.807) is 0 Å². The van der Waals surface area contributed by atoms with Gasteiger partial charge in [0.25, 0.3) is 0 Å². The zero-order valence-corrected chi connectivity index (χ0v) is 53.2. The van der Waals surface area contributed by atoms with Gasteiger partial charge in [-0.05, 0) is 21.5 Å². The molecule has 7 bridgehead atoms. The highest BCUT2D eigenvalue weighted by Gasteiger charge is 2.93. The standard InChI is InChI=1S/C54H53O16Si10/c1-72(55)62-77(49-35-19-7-20-36-49)58-53-57-74(44-46-29-13-4-14-30-46)54-59-71(43-45-27-11-3-12-28-45)61-79(51-39-23-9-24-40-51,68-75(53,67-77)47-31-15-5-16-32-47)64-73(2,56)63-78(60-54,50-37-21-8-22-38-50)69-76(54,48-33-17-6-18-34-48)70-80(65-72,66-74)52-41-25-10-26-42-52/h3-42,53,55-56H,43-44H2,1-2H3. The van der Waals surface area contributed by atoms with Crippen molar-refractivity contribution in [1.29, 1.82) is 0 Å². The number of fused-ring (bicyclic) bond motifs is 6. The highest BCUT2D eigenvalue weighted by atomic mass is 28.6. The summed E-state index contributed by atoms with van der Waals surface area (Å²) in [4.78, 5) is 27.5. The summed E-state index contributed by atoms with van der Waals surface area (Å²) in [6, 6.07) is 75.9. The molecule has 0 saturated carbocycles. The lowest BCUT2D eigenvalue weighted by atomic mass is 10.2. The largest absolute Gasteiger partial charge is 0.523 e. The summed E-state index contributed by atoms with van der Waals surface area (Å²) in [6.07, 6.45) is 0. The maximum Gasteiger partial charge on any atom is 0.523 e. The lowest BCUT2D eigenvalue weighted by Gasteiger charge is -2.59. The van der Waals surface area contributed by atoms with Gasteiger partial charge in [0.15, 0.2) is 5.91 Å². The van der Waals surface area contributed by atoms with Crippen LogP contribution >= 0.6 is 0 Å². The van der Waals surface area contributed by atoms with Gasteiger partial charge in [0.1, 0.15) is 0 Å². The van der Waals surface area contributed by atoms with Crippen molar-refractivity contribution in [1.82, 2.24) is 0 Å². The summed E-state index contributed by atoms with van der Waals surface area (Å²) in [5.41, 5.74) is 1.61. The lowest BCUT2D eigenvalue weighted by molar-refractivity contribution is -0.0957. The third-order valence-electron chi connectivity index (χ3n) is 14.6. The topological polar surface area (TPSA) is 170 Å². The first kappa shape index (κ1) is 53.3. The van der Waals surface area contributed by atoms with E-state index in [0.29, 0.717) is 31.1 Å². The van der Waals surface area contributed by atoms with Crippen LogP contribution in [0.5, 0.6) is 0 Å². The molecule has 0 amide bonds. The molecule has 6 fully saturated rings. The molecule has 6 heterocycles. The first-order valence-corrected chi connectivity index (χ1v) is 44.9. The fourth-order valence-electron chi connectivity index (χ4n) is 11.4. The SMILES string of the molecule is C[Si]1(O)O[Si]2(c3ccccc3)O[Si](Cc3ccccc3)OC34O[Si](c5ccccc5)(O1)O[Si]3(c1ccccc1)O[Si]1(c3ccccc3)O[Si](C)(O)O[Si]3(c5ccccc5)OC(O[Si]4(Cc4ccccc4)O1)[Si](c1ccccc1)(O3)O2. The van der Waals surface area contributed by atoms with Crippen molar-refractivity contribution in [3.63, 3.8) is 0 Å². The molecule has 6 saturated heterocycles. The molecule has 0 aliphatic carbocycles. The maximum absolute atomic E-state index is 13.8. The van der Waals surface area contributed by atoms with E-state index in [-0.39, 0.29) is 12.1 Å². The van der Waals surface area contributed by atoms with Gasteiger partial charge in [0.05, 0.1) is 0 Å². The van der Waals surface area contributed by atoms with Crippen LogP contribution < -0.4 is 31.1 Å². The summed E-state index contributed by atoms with van der Waals surface area (Å²) in [6.45, 7) is 3.06. The molecule has 8 aromatic carbocycles. The molecular formula is C54H53O16Si10. The average molecular weight is 1240 g/mol. The number of rotatable bonds is 10. The van der Waals surface area contributed by atoms with E-state index in [1.807, 2.05) is 243 Å². The minimum Gasteiger partial charge on any atom is -0.391 e. The quantitative estimate of drug-likeness (QED) is 0.190. The van der Waals surface area contributed by atoms with Crippen LogP contribution in [0.15, 0.2) is 243 Å². The van der Waals surface area contributed by atoms with E-state index in [4.69, 9.17) is 58.9 Å². The third kappa shape index (κ3) is 8.83. The van der Waals surface area contributed by atoms with Gasteiger partial charge in [-0.3, -0.25) is 0 Å². The Morgan fingerprint density at radius 1 is 0.388 bits per heavy atom. The van der Waals surface area contributed by atoms with E-state index in [9.17, 15) is 9.59 Å². The molecule has 0 aromatic heterocycles. The fourth-order valence-corrected chi connectivity index (χ4v) is 64.2. The van der Waals surface area contributed by atoms with Gasteiger partial charge >= 0.3 is 87.8 Å². The molecule has 1 spiro atoms. The summed E-state index contributed by atoms with van der Waals surface area (Å²) in [5.74, 6) is -1.59. The van der Waals surface area contributed by atoms with E-state index < -0.39 is 98.7 Å². The summed E-state index contributed by atoms with van der Waals surface area (Å²) in [5, 5.41) is 0.591. The minimum absolute atomic E-state index is 0.0397. The first-order chi connectivity index (χ1) is 38.7. The summed E-state index contributed by atoms with van der Waals surface area (Å²) < 4.78 is 111. The van der Waals surface area contributed by atoms with Gasteiger partial charge in [-0.15, -0.1) is 0 Å². The van der Waals surface area contributed by atoms with Crippen molar-refractivity contribution in [2.24, 2.45) is 0 Å². The zero-order valence-electron chi connectivity index (χ0n) is 43.2. The fraction of sp³-hybridized carbons (Fsp3) is 0.111. The van der Waals surface area contributed by atoms with Crippen LogP contribution in [-0.2, 0) is 70.9 Å². The van der Waals surface area contributed by atoms with Crippen molar-refractivity contribution >= 4 is 119 Å². The van der Waals surface area contributed by atoms with Crippen LogP contribution in [0.4, 0.5) is 0 Å². The van der Waals surface area contributed by atoms with Crippen LogP contribution in [-0.4, -0.2) is 108 Å². The Bertz CT molecular complexity index is 3460. The smallest absolute Gasteiger partial charge is 0.391 e. The Balaban J connectivity index is 1.21. The van der Waals surface area contributed by atoms with Crippen molar-refractivity contribution in [3.8, 4) is 0 Å². The van der Waals surface area contributed by atoms with Gasteiger partial charge in [-0.1, -0.05) is 243 Å². The number of benzene rings is 8. The second-order valence-electron chi connectivity index (χ2n) is 20.4. The minimum atomic E-state index is -5.09. The molecular weight excluding hydrogens is 1190 g/mol. The van der Waals surface area contributed by atoms with E-state index in [0.717, 1.165) is 11.1 Å². The molecule has 16 nitrogen and oxygen atoms in total. The maximum atomic E-state index is 13.8. The third-order valence-corrected chi connectivity index (χ3v) is 55.1. The van der Waals surface area contributed by atoms with Crippen molar-refractivity contribution in [2.75, 3.05) is 0 Å². The van der Waals surface area contributed by atoms with Crippen molar-refractivity contribution in [3.05, 3.63) is 254 Å². The molecule has 26 heteroatoms. The average Bonchev–Trinajstić information content (AvgIpc) is 3.89. The predicted octanol–water partition coefficient (Wildman–Crippen LogP) is 3.64. The van der Waals surface area contributed by atoms with Gasteiger partial charge < -0.3 is 68.4 Å². The first-order valence-electron chi connectivity index (χ1n) is 26.2. The molecule has 80 heavy (non-hydrogen) atoms. The molecule has 1 radical (unpaired) electrons. The van der Waals surface area contributed by atoms with Gasteiger partial charge in [0, 0.05) is 45.9 Å².